The van der Waals surface area contributed by atoms with Gasteiger partial charge >= 0.3 is 0 Å². The molecule has 2 heterocycles. The summed E-state index contributed by atoms with van der Waals surface area (Å²) < 4.78 is 11.3. The zero-order chi connectivity index (χ0) is 12.7. The lowest BCUT2D eigenvalue weighted by atomic mass is 9.93. The Hall–Kier alpha value is -0.770. The van der Waals surface area contributed by atoms with Gasteiger partial charge in [0, 0.05) is 23.6 Å². The SMILES string of the molecule is CC1CCOC1C(O)c1cc(Cl)cc2c1OCC2. The maximum Gasteiger partial charge on any atom is 0.128 e. The molecule has 1 N–H and O–H groups in total. The summed E-state index contributed by atoms with van der Waals surface area (Å²) in [7, 11) is 0. The van der Waals surface area contributed by atoms with Crippen molar-refractivity contribution in [3.63, 3.8) is 0 Å². The lowest BCUT2D eigenvalue weighted by Gasteiger charge is -2.23. The molecule has 0 aliphatic carbocycles. The van der Waals surface area contributed by atoms with Crippen LogP contribution in [0.5, 0.6) is 5.75 Å². The normalized spacial score (nSPS) is 27.9. The first kappa shape index (κ1) is 12.3. The molecule has 3 nitrogen and oxygen atoms in total. The van der Waals surface area contributed by atoms with Gasteiger partial charge in [-0.05, 0) is 30.0 Å². The van der Waals surface area contributed by atoms with Crippen molar-refractivity contribution >= 4 is 11.6 Å². The van der Waals surface area contributed by atoms with Gasteiger partial charge in [0.2, 0.25) is 0 Å². The van der Waals surface area contributed by atoms with Crippen molar-refractivity contribution in [2.45, 2.75) is 32.0 Å². The van der Waals surface area contributed by atoms with E-state index in [0.29, 0.717) is 24.2 Å². The minimum Gasteiger partial charge on any atom is -0.493 e. The molecular formula is C14H17ClO3. The molecule has 3 rings (SSSR count). The summed E-state index contributed by atoms with van der Waals surface area (Å²) in [6.45, 7) is 3.48. The predicted molar refractivity (Wildman–Crippen MR) is 69.1 cm³/mol. The number of benzene rings is 1. The van der Waals surface area contributed by atoms with E-state index in [-0.39, 0.29) is 6.10 Å². The van der Waals surface area contributed by atoms with Gasteiger partial charge in [0.05, 0.1) is 12.7 Å². The summed E-state index contributed by atoms with van der Waals surface area (Å²) in [5.74, 6) is 1.16. The second-order valence-electron chi connectivity index (χ2n) is 5.13. The quantitative estimate of drug-likeness (QED) is 0.896. The van der Waals surface area contributed by atoms with Gasteiger partial charge in [-0.1, -0.05) is 18.5 Å². The molecule has 2 aliphatic rings. The Balaban J connectivity index is 1.96. The molecule has 98 valence electrons. The molecule has 1 saturated heterocycles. The highest BCUT2D eigenvalue weighted by atomic mass is 35.5. The Morgan fingerprint density at radius 1 is 1.39 bits per heavy atom. The molecule has 4 heteroatoms. The van der Waals surface area contributed by atoms with Crippen LogP contribution in [-0.2, 0) is 11.2 Å². The van der Waals surface area contributed by atoms with Crippen LogP contribution < -0.4 is 4.74 Å². The fourth-order valence-corrected chi connectivity index (χ4v) is 3.06. The van der Waals surface area contributed by atoms with E-state index in [4.69, 9.17) is 21.1 Å². The topological polar surface area (TPSA) is 38.7 Å². The first-order chi connectivity index (χ1) is 8.66. The predicted octanol–water partition coefficient (Wildman–Crippen LogP) is 2.73. The third kappa shape index (κ3) is 2.00. The van der Waals surface area contributed by atoms with Crippen LogP contribution in [0.3, 0.4) is 0 Å². The zero-order valence-electron chi connectivity index (χ0n) is 10.4. The van der Waals surface area contributed by atoms with Gasteiger partial charge in [-0.3, -0.25) is 0 Å². The summed E-state index contributed by atoms with van der Waals surface area (Å²) in [5, 5.41) is 11.2. The van der Waals surface area contributed by atoms with E-state index in [1.807, 2.05) is 6.07 Å². The molecule has 0 aromatic heterocycles. The number of ether oxygens (including phenoxy) is 2. The lowest BCUT2D eigenvalue weighted by molar-refractivity contribution is -0.0187. The first-order valence-corrected chi connectivity index (χ1v) is 6.79. The van der Waals surface area contributed by atoms with Crippen LogP contribution in [-0.4, -0.2) is 24.4 Å². The van der Waals surface area contributed by atoms with E-state index in [1.165, 1.54) is 0 Å². The second kappa shape index (κ2) is 4.72. The molecule has 3 unspecified atom stereocenters. The fraction of sp³-hybridized carbons (Fsp3) is 0.571. The minimum atomic E-state index is -0.659. The Kier molecular flexibility index (Phi) is 3.22. The second-order valence-corrected chi connectivity index (χ2v) is 5.56. The van der Waals surface area contributed by atoms with E-state index < -0.39 is 6.10 Å². The summed E-state index contributed by atoms with van der Waals surface area (Å²) in [6, 6.07) is 3.71. The van der Waals surface area contributed by atoms with E-state index >= 15 is 0 Å². The molecule has 1 aromatic carbocycles. The van der Waals surface area contributed by atoms with Crippen LogP contribution in [0.15, 0.2) is 12.1 Å². The average molecular weight is 269 g/mol. The third-order valence-corrected chi connectivity index (χ3v) is 4.07. The highest BCUT2D eigenvalue weighted by Crippen LogP contribution is 2.40. The van der Waals surface area contributed by atoms with Crippen LogP contribution in [0.1, 0.15) is 30.6 Å². The zero-order valence-corrected chi connectivity index (χ0v) is 11.1. The highest BCUT2D eigenvalue weighted by molar-refractivity contribution is 6.30. The third-order valence-electron chi connectivity index (χ3n) is 3.85. The van der Waals surface area contributed by atoms with Crippen LogP contribution in [0.4, 0.5) is 0 Å². The molecule has 0 spiro atoms. The molecule has 0 saturated carbocycles. The van der Waals surface area contributed by atoms with E-state index in [9.17, 15) is 5.11 Å². The van der Waals surface area contributed by atoms with Gasteiger partial charge in [-0.2, -0.15) is 0 Å². The maximum absolute atomic E-state index is 10.5. The molecule has 0 radical (unpaired) electrons. The van der Waals surface area contributed by atoms with Crippen LogP contribution in [0, 0.1) is 5.92 Å². The molecular weight excluding hydrogens is 252 g/mol. The summed E-state index contributed by atoms with van der Waals surface area (Å²) in [5.41, 5.74) is 1.86. The summed E-state index contributed by atoms with van der Waals surface area (Å²) in [6.07, 6.45) is 1.03. The Bertz CT molecular complexity index is 461. The van der Waals surface area contributed by atoms with Crippen molar-refractivity contribution in [1.82, 2.24) is 0 Å². The van der Waals surface area contributed by atoms with E-state index in [2.05, 4.69) is 6.92 Å². The molecule has 18 heavy (non-hydrogen) atoms. The number of halogens is 1. The van der Waals surface area contributed by atoms with Crippen molar-refractivity contribution in [2.75, 3.05) is 13.2 Å². The van der Waals surface area contributed by atoms with Gasteiger partial charge in [-0.25, -0.2) is 0 Å². The van der Waals surface area contributed by atoms with Crippen LogP contribution in [0.25, 0.3) is 0 Å². The summed E-state index contributed by atoms with van der Waals surface area (Å²) >= 11 is 6.11. The number of aliphatic hydroxyl groups excluding tert-OH is 1. The Labute approximate surface area is 112 Å². The largest absolute Gasteiger partial charge is 0.493 e. The standard InChI is InChI=1S/C14H17ClO3/c1-8-2-4-17-13(8)12(16)11-7-10(15)6-9-3-5-18-14(9)11/h6-8,12-13,16H,2-5H2,1H3. The number of hydrogen-bond acceptors (Lipinski definition) is 3. The minimum absolute atomic E-state index is 0.156. The smallest absolute Gasteiger partial charge is 0.128 e. The Morgan fingerprint density at radius 2 is 2.22 bits per heavy atom. The van der Waals surface area contributed by atoms with Crippen LogP contribution in [0.2, 0.25) is 5.02 Å². The molecule has 1 fully saturated rings. The lowest BCUT2D eigenvalue weighted by Crippen LogP contribution is -2.23. The Morgan fingerprint density at radius 3 is 2.94 bits per heavy atom. The number of rotatable bonds is 2. The summed E-state index contributed by atoms with van der Waals surface area (Å²) in [4.78, 5) is 0. The fourth-order valence-electron chi connectivity index (χ4n) is 2.82. The molecule has 0 amide bonds. The van der Waals surface area contributed by atoms with Crippen LogP contribution >= 0.6 is 11.6 Å². The van der Waals surface area contributed by atoms with Gasteiger partial charge in [0.1, 0.15) is 11.9 Å². The molecule has 1 aromatic rings. The van der Waals surface area contributed by atoms with Crippen molar-refractivity contribution in [1.29, 1.82) is 0 Å². The number of fused-ring (bicyclic) bond motifs is 1. The van der Waals surface area contributed by atoms with Crippen molar-refractivity contribution in [3.8, 4) is 5.75 Å². The molecule has 0 bridgehead atoms. The monoisotopic (exact) mass is 268 g/mol. The van der Waals surface area contributed by atoms with Crippen molar-refractivity contribution in [3.05, 3.63) is 28.3 Å². The van der Waals surface area contributed by atoms with E-state index in [0.717, 1.165) is 29.7 Å². The van der Waals surface area contributed by atoms with E-state index in [1.54, 1.807) is 6.07 Å². The number of hydrogen-bond donors (Lipinski definition) is 1. The van der Waals surface area contributed by atoms with Gasteiger partial charge in [0.25, 0.3) is 0 Å². The molecule has 3 atom stereocenters. The first-order valence-electron chi connectivity index (χ1n) is 6.41. The average Bonchev–Trinajstić information content (AvgIpc) is 2.95. The van der Waals surface area contributed by atoms with Crippen molar-refractivity contribution in [2.24, 2.45) is 5.92 Å². The van der Waals surface area contributed by atoms with Crippen molar-refractivity contribution < 1.29 is 14.6 Å². The molecule has 2 aliphatic heterocycles. The van der Waals surface area contributed by atoms with Gasteiger partial charge in [-0.15, -0.1) is 0 Å². The van der Waals surface area contributed by atoms with Gasteiger partial charge < -0.3 is 14.6 Å². The van der Waals surface area contributed by atoms with Gasteiger partial charge in [0.15, 0.2) is 0 Å². The number of aliphatic hydroxyl groups is 1. The maximum atomic E-state index is 10.5. The highest BCUT2D eigenvalue weighted by Gasteiger charge is 2.34.